The van der Waals surface area contributed by atoms with Crippen molar-refractivity contribution in [2.45, 2.75) is 20.4 Å². The van der Waals surface area contributed by atoms with Gasteiger partial charge in [-0.2, -0.15) is 0 Å². The molecule has 1 aromatic heterocycles. The van der Waals surface area contributed by atoms with Gasteiger partial charge in [-0.15, -0.1) is 0 Å². The SMILES string of the molecule is CCn1c2ccc(C)cc2c2c3ccccc3ccc21. The minimum atomic E-state index is 1.00. The first kappa shape index (κ1) is 11.5. The summed E-state index contributed by atoms with van der Waals surface area (Å²) in [6.07, 6.45) is 0. The van der Waals surface area contributed by atoms with Crippen molar-refractivity contribution in [3.8, 4) is 0 Å². The van der Waals surface area contributed by atoms with Gasteiger partial charge in [0.05, 0.1) is 0 Å². The lowest BCUT2D eigenvalue weighted by Crippen LogP contribution is -1.92. The van der Waals surface area contributed by atoms with E-state index in [1.807, 2.05) is 0 Å². The molecule has 20 heavy (non-hydrogen) atoms. The fourth-order valence-electron chi connectivity index (χ4n) is 3.32. The van der Waals surface area contributed by atoms with E-state index in [2.05, 4.69) is 73.0 Å². The van der Waals surface area contributed by atoms with E-state index < -0.39 is 0 Å². The summed E-state index contributed by atoms with van der Waals surface area (Å²) in [5.41, 5.74) is 4.00. The fourth-order valence-corrected chi connectivity index (χ4v) is 3.32. The van der Waals surface area contributed by atoms with Gasteiger partial charge in [-0.3, -0.25) is 0 Å². The number of hydrogen-bond acceptors (Lipinski definition) is 0. The maximum Gasteiger partial charge on any atom is 0.0497 e. The van der Waals surface area contributed by atoms with Crippen molar-refractivity contribution in [2.24, 2.45) is 0 Å². The molecule has 0 saturated carbocycles. The zero-order valence-corrected chi connectivity index (χ0v) is 11.9. The number of nitrogens with zero attached hydrogens (tertiary/aromatic N) is 1. The first-order valence-corrected chi connectivity index (χ1v) is 7.20. The van der Waals surface area contributed by atoms with Crippen molar-refractivity contribution in [1.82, 2.24) is 4.57 Å². The minimum Gasteiger partial charge on any atom is -0.341 e. The van der Waals surface area contributed by atoms with Crippen molar-refractivity contribution >= 4 is 32.6 Å². The minimum absolute atomic E-state index is 1.00. The first-order chi connectivity index (χ1) is 9.79. The normalized spacial score (nSPS) is 11.7. The van der Waals surface area contributed by atoms with Crippen molar-refractivity contribution < 1.29 is 0 Å². The summed E-state index contributed by atoms with van der Waals surface area (Å²) < 4.78 is 2.41. The Bertz CT molecular complexity index is 944. The van der Waals surface area contributed by atoms with E-state index in [1.165, 1.54) is 38.1 Å². The van der Waals surface area contributed by atoms with Crippen LogP contribution in [0.15, 0.2) is 54.6 Å². The zero-order valence-electron chi connectivity index (χ0n) is 11.9. The van der Waals surface area contributed by atoms with E-state index in [0.29, 0.717) is 0 Å². The fraction of sp³-hybridized carbons (Fsp3) is 0.158. The number of aromatic nitrogens is 1. The maximum atomic E-state index is 2.41. The van der Waals surface area contributed by atoms with E-state index in [0.717, 1.165) is 6.54 Å². The molecule has 0 saturated heterocycles. The van der Waals surface area contributed by atoms with Crippen LogP contribution in [0.1, 0.15) is 12.5 Å². The molecule has 98 valence electrons. The second-order valence-electron chi connectivity index (χ2n) is 5.45. The molecule has 0 unspecified atom stereocenters. The van der Waals surface area contributed by atoms with Gasteiger partial charge in [0.15, 0.2) is 0 Å². The molecule has 0 aliphatic carbocycles. The smallest absolute Gasteiger partial charge is 0.0497 e. The highest BCUT2D eigenvalue weighted by atomic mass is 15.0. The molecule has 0 aliphatic heterocycles. The van der Waals surface area contributed by atoms with Crippen LogP contribution in [0.3, 0.4) is 0 Å². The third-order valence-electron chi connectivity index (χ3n) is 4.23. The summed E-state index contributed by atoms with van der Waals surface area (Å²) in [4.78, 5) is 0. The van der Waals surface area contributed by atoms with E-state index in [4.69, 9.17) is 0 Å². The molecule has 0 spiro atoms. The summed E-state index contributed by atoms with van der Waals surface area (Å²) in [7, 11) is 0. The Morgan fingerprint density at radius 2 is 1.65 bits per heavy atom. The van der Waals surface area contributed by atoms with Gasteiger partial charge in [-0.25, -0.2) is 0 Å². The van der Waals surface area contributed by atoms with Crippen LogP contribution in [0, 0.1) is 6.92 Å². The van der Waals surface area contributed by atoms with Crippen LogP contribution in [0.2, 0.25) is 0 Å². The highest BCUT2D eigenvalue weighted by Gasteiger charge is 2.12. The molecular formula is C19H17N. The van der Waals surface area contributed by atoms with Crippen molar-refractivity contribution in [3.05, 3.63) is 60.2 Å². The van der Waals surface area contributed by atoms with Crippen molar-refractivity contribution in [2.75, 3.05) is 0 Å². The molecule has 4 rings (SSSR count). The van der Waals surface area contributed by atoms with Crippen molar-refractivity contribution in [3.63, 3.8) is 0 Å². The lowest BCUT2D eigenvalue weighted by molar-refractivity contribution is 0.827. The van der Waals surface area contributed by atoms with Gasteiger partial charge in [0.2, 0.25) is 0 Å². The standard InChI is InChI=1S/C19H17N/c1-3-20-17-10-8-13(2)12-16(17)19-15-7-5-4-6-14(15)9-11-18(19)20/h4-12H,3H2,1-2H3. The third-order valence-corrected chi connectivity index (χ3v) is 4.23. The number of rotatable bonds is 1. The molecule has 1 heteroatoms. The molecule has 1 heterocycles. The lowest BCUT2D eigenvalue weighted by atomic mass is 10.0. The summed E-state index contributed by atoms with van der Waals surface area (Å²) >= 11 is 0. The molecular weight excluding hydrogens is 242 g/mol. The van der Waals surface area contributed by atoms with Crippen LogP contribution in [0.4, 0.5) is 0 Å². The largest absolute Gasteiger partial charge is 0.341 e. The Morgan fingerprint density at radius 1 is 0.850 bits per heavy atom. The topological polar surface area (TPSA) is 4.93 Å². The van der Waals surface area contributed by atoms with Gasteiger partial charge in [0.25, 0.3) is 0 Å². The Morgan fingerprint density at radius 3 is 2.50 bits per heavy atom. The van der Waals surface area contributed by atoms with Gasteiger partial charge in [0.1, 0.15) is 0 Å². The van der Waals surface area contributed by atoms with Crippen LogP contribution in [-0.4, -0.2) is 4.57 Å². The second kappa shape index (κ2) is 4.11. The Hall–Kier alpha value is -2.28. The van der Waals surface area contributed by atoms with Gasteiger partial charge < -0.3 is 4.57 Å². The number of benzene rings is 3. The molecule has 4 aromatic rings. The molecule has 0 fully saturated rings. The molecule has 0 atom stereocenters. The Labute approximate surface area is 118 Å². The summed E-state index contributed by atoms with van der Waals surface area (Å²) in [6.45, 7) is 5.38. The predicted molar refractivity (Wildman–Crippen MR) is 87.4 cm³/mol. The number of hydrogen-bond donors (Lipinski definition) is 0. The number of fused-ring (bicyclic) bond motifs is 5. The quantitative estimate of drug-likeness (QED) is 0.438. The molecule has 1 nitrogen and oxygen atoms in total. The maximum absolute atomic E-state index is 2.41. The highest BCUT2D eigenvalue weighted by Crippen LogP contribution is 2.35. The molecule has 0 N–H and O–H groups in total. The van der Waals surface area contributed by atoms with Gasteiger partial charge >= 0.3 is 0 Å². The van der Waals surface area contributed by atoms with Gasteiger partial charge in [0, 0.05) is 28.4 Å². The Kier molecular flexibility index (Phi) is 2.37. The van der Waals surface area contributed by atoms with Gasteiger partial charge in [-0.05, 0) is 42.8 Å². The van der Waals surface area contributed by atoms with Crippen LogP contribution in [-0.2, 0) is 6.54 Å². The predicted octanol–water partition coefficient (Wildman–Crippen LogP) is 5.28. The van der Waals surface area contributed by atoms with E-state index in [-0.39, 0.29) is 0 Å². The summed E-state index contributed by atoms with van der Waals surface area (Å²) in [5, 5.41) is 5.44. The number of aryl methyl sites for hydroxylation is 2. The second-order valence-corrected chi connectivity index (χ2v) is 5.45. The van der Waals surface area contributed by atoms with E-state index in [9.17, 15) is 0 Å². The molecule has 0 radical (unpaired) electrons. The molecule has 0 bridgehead atoms. The summed E-state index contributed by atoms with van der Waals surface area (Å²) in [5.74, 6) is 0. The van der Waals surface area contributed by atoms with Crippen molar-refractivity contribution in [1.29, 1.82) is 0 Å². The average Bonchev–Trinajstić information content (AvgIpc) is 2.80. The molecule has 3 aromatic carbocycles. The molecule has 0 aliphatic rings. The third kappa shape index (κ3) is 1.44. The lowest BCUT2D eigenvalue weighted by Gasteiger charge is -2.03. The van der Waals surface area contributed by atoms with E-state index in [1.54, 1.807) is 0 Å². The monoisotopic (exact) mass is 259 g/mol. The van der Waals surface area contributed by atoms with E-state index >= 15 is 0 Å². The highest BCUT2D eigenvalue weighted by molar-refractivity contribution is 6.20. The molecule has 0 amide bonds. The Balaban J connectivity index is 2.36. The van der Waals surface area contributed by atoms with Crippen LogP contribution >= 0.6 is 0 Å². The summed E-state index contributed by atoms with van der Waals surface area (Å²) in [6, 6.07) is 19.9. The van der Waals surface area contributed by atoms with Crippen LogP contribution < -0.4 is 0 Å². The average molecular weight is 259 g/mol. The van der Waals surface area contributed by atoms with Gasteiger partial charge in [-0.1, -0.05) is 42.0 Å². The van der Waals surface area contributed by atoms with Crippen LogP contribution in [0.25, 0.3) is 32.6 Å². The first-order valence-electron chi connectivity index (χ1n) is 7.20. The zero-order chi connectivity index (χ0) is 13.7. The van der Waals surface area contributed by atoms with Crippen LogP contribution in [0.5, 0.6) is 0 Å².